The van der Waals surface area contributed by atoms with Gasteiger partial charge >= 0.3 is 0 Å². The predicted molar refractivity (Wildman–Crippen MR) is 125 cm³/mol. The minimum Gasteiger partial charge on any atom is -0.506 e. The van der Waals surface area contributed by atoms with E-state index in [-0.39, 0.29) is 10.9 Å². The fraction of sp³-hybridized carbons (Fsp3) is 0.0909. The van der Waals surface area contributed by atoms with Gasteiger partial charge in [-0.05, 0) is 85.7 Å². The zero-order valence-electron chi connectivity index (χ0n) is 16.1. The maximum atomic E-state index is 12.1. The van der Waals surface area contributed by atoms with E-state index >= 15 is 0 Å². The van der Waals surface area contributed by atoms with Gasteiger partial charge in [0.25, 0.3) is 0 Å². The number of hydrogen-bond donors (Lipinski definition) is 3. The van der Waals surface area contributed by atoms with Crippen LogP contribution in [0.1, 0.15) is 16.9 Å². The zero-order chi connectivity index (χ0) is 21.8. The number of anilines is 1. The molecular weight excluding hydrogens is 443 g/mol. The Morgan fingerprint density at radius 3 is 2.43 bits per heavy atom. The molecule has 0 aliphatic carbocycles. The summed E-state index contributed by atoms with van der Waals surface area (Å²) in [5.41, 5.74) is 3.09. The Morgan fingerprint density at radius 1 is 1.07 bits per heavy atom. The number of thiocarbonyl (C=S) groups is 1. The number of amides is 1. The van der Waals surface area contributed by atoms with Crippen LogP contribution in [0.2, 0.25) is 10.0 Å². The average molecular weight is 461 g/mol. The van der Waals surface area contributed by atoms with Crippen LogP contribution >= 0.6 is 35.4 Å². The van der Waals surface area contributed by atoms with E-state index in [1.807, 2.05) is 13.8 Å². The number of aromatic hydroxyl groups is 1. The Labute approximate surface area is 189 Å². The van der Waals surface area contributed by atoms with Crippen LogP contribution in [0.4, 0.5) is 5.69 Å². The molecule has 8 heteroatoms. The first-order chi connectivity index (χ1) is 14.2. The van der Waals surface area contributed by atoms with Crippen LogP contribution in [0.5, 0.6) is 5.75 Å². The molecule has 0 bridgehead atoms. The predicted octanol–water partition coefficient (Wildman–Crippen LogP) is 6.10. The highest BCUT2D eigenvalue weighted by molar-refractivity contribution is 7.80. The van der Waals surface area contributed by atoms with E-state index in [1.54, 1.807) is 42.5 Å². The number of carbonyl (C=O) groups excluding carboxylic acids is 1. The van der Waals surface area contributed by atoms with E-state index in [0.717, 1.165) is 16.7 Å². The first-order valence-electron chi connectivity index (χ1n) is 8.88. The highest BCUT2D eigenvalue weighted by Crippen LogP contribution is 2.29. The van der Waals surface area contributed by atoms with Crippen LogP contribution in [0.3, 0.4) is 0 Å². The lowest BCUT2D eigenvalue weighted by Crippen LogP contribution is -2.32. The van der Waals surface area contributed by atoms with Crippen molar-refractivity contribution in [3.63, 3.8) is 0 Å². The third-order valence-corrected chi connectivity index (χ3v) is 4.91. The Bertz CT molecular complexity index is 1140. The Balaban J connectivity index is 1.62. The molecule has 1 heterocycles. The summed E-state index contributed by atoms with van der Waals surface area (Å²) in [6, 6.07) is 12.0. The number of halogens is 2. The number of phenolic OH excluding ortho intramolecular Hbond substituents is 1. The Hall–Kier alpha value is -2.80. The summed E-state index contributed by atoms with van der Waals surface area (Å²) in [4.78, 5) is 12.1. The Morgan fingerprint density at radius 2 is 1.73 bits per heavy atom. The number of hydrogen-bond acceptors (Lipinski definition) is 4. The van der Waals surface area contributed by atoms with Crippen molar-refractivity contribution in [2.45, 2.75) is 13.8 Å². The molecule has 0 radical (unpaired) electrons. The van der Waals surface area contributed by atoms with Crippen LogP contribution < -0.4 is 10.6 Å². The van der Waals surface area contributed by atoms with E-state index in [2.05, 4.69) is 10.6 Å². The van der Waals surface area contributed by atoms with Crippen molar-refractivity contribution < 1.29 is 14.3 Å². The summed E-state index contributed by atoms with van der Waals surface area (Å²) in [5, 5.41) is 16.4. The van der Waals surface area contributed by atoms with Crippen molar-refractivity contribution >= 4 is 58.2 Å². The summed E-state index contributed by atoms with van der Waals surface area (Å²) in [6.45, 7) is 3.81. The lowest BCUT2D eigenvalue weighted by atomic mass is 10.1. The molecule has 154 valence electrons. The van der Waals surface area contributed by atoms with Gasteiger partial charge in [-0.15, -0.1) is 0 Å². The molecule has 3 aromatic rings. The molecule has 0 fully saturated rings. The molecule has 3 N–H and O–H groups in total. The molecule has 5 nitrogen and oxygen atoms in total. The van der Waals surface area contributed by atoms with Gasteiger partial charge in [0, 0.05) is 21.7 Å². The largest absolute Gasteiger partial charge is 0.506 e. The number of carbonyl (C=O) groups is 1. The first-order valence-corrected chi connectivity index (χ1v) is 10.0. The second-order valence-electron chi connectivity index (χ2n) is 6.59. The van der Waals surface area contributed by atoms with Crippen molar-refractivity contribution in [3.05, 3.63) is 75.5 Å². The van der Waals surface area contributed by atoms with Gasteiger partial charge < -0.3 is 14.8 Å². The van der Waals surface area contributed by atoms with Gasteiger partial charge in [0.1, 0.15) is 17.3 Å². The van der Waals surface area contributed by atoms with E-state index < -0.39 is 5.91 Å². The van der Waals surface area contributed by atoms with Crippen molar-refractivity contribution in [3.8, 4) is 17.1 Å². The molecule has 0 saturated heterocycles. The molecule has 30 heavy (non-hydrogen) atoms. The van der Waals surface area contributed by atoms with Gasteiger partial charge in [-0.3, -0.25) is 10.1 Å². The quantitative estimate of drug-likeness (QED) is 0.249. The van der Waals surface area contributed by atoms with Gasteiger partial charge in [-0.25, -0.2) is 0 Å². The standard InChI is InChI=1S/C22H18Cl2N2O3S/c1-12-7-18(19(27)8-13(12)2)25-22(30)26-21(28)6-4-17-3-5-20(29-17)14-9-15(23)11-16(24)10-14/h3-11,27H,1-2H3,(H2,25,26,28,30)/b6-4+. The molecule has 0 saturated carbocycles. The van der Waals surface area contributed by atoms with Gasteiger partial charge in [0.05, 0.1) is 5.69 Å². The van der Waals surface area contributed by atoms with Crippen molar-refractivity contribution in [1.82, 2.24) is 5.32 Å². The molecule has 0 unspecified atom stereocenters. The highest BCUT2D eigenvalue weighted by Gasteiger charge is 2.09. The Kier molecular flexibility index (Phi) is 6.82. The third-order valence-electron chi connectivity index (χ3n) is 4.27. The first kappa shape index (κ1) is 21.9. The number of benzene rings is 2. The van der Waals surface area contributed by atoms with E-state index in [9.17, 15) is 9.90 Å². The summed E-state index contributed by atoms with van der Waals surface area (Å²) >= 11 is 17.2. The average Bonchev–Trinajstić information content (AvgIpc) is 3.13. The third kappa shape index (κ3) is 5.63. The minimum absolute atomic E-state index is 0.0504. The van der Waals surface area contributed by atoms with Crippen LogP contribution in [-0.2, 0) is 4.79 Å². The molecule has 0 aliphatic heterocycles. The van der Waals surface area contributed by atoms with Gasteiger partial charge in [0.2, 0.25) is 5.91 Å². The van der Waals surface area contributed by atoms with Gasteiger partial charge in [0.15, 0.2) is 5.11 Å². The molecule has 1 aromatic heterocycles. The topological polar surface area (TPSA) is 74.5 Å². The number of furan rings is 1. The minimum atomic E-state index is -0.445. The van der Waals surface area contributed by atoms with Crippen LogP contribution in [0, 0.1) is 13.8 Å². The zero-order valence-corrected chi connectivity index (χ0v) is 18.5. The van der Waals surface area contributed by atoms with Gasteiger partial charge in [-0.2, -0.15) is 0 Å². The normalized spacial score (nSPS) is 10.9. The van der Waals surface area contributed by atoms with E-state index in [1.165, 1.54) is 12.2 Å². The smallest absolute Gasteiger partial charge is 0.250 e. The second-order valence-corrected chi connectivity index (χ2v) is 7.87. The fourth-order valence-corrected chi connectivity index (χ4v) is 3.40. The lowest BCUT2D eigenvalue weighted by molar-refractivity contribution is -0.115. The molecule has 1 amide bonds. The number of phenols is 1. The van der Waals surface area contributed by atoms with Crippen LogP contribution in [0.15, 0.2) is 53.0 Å². The van der Waals surface area contributed by atoms with Crippen LogP contribution in [-0.4, -0.2) is 16.1 Å². The maximum Gasteiger partial charge on any atom is 0.250 e. The SMILES string of the molecule is Cc1cc(O)c(NC(=S)NC(=O)/C=C/c2ccc(-c3cc(Cl)cc(Cl)c3)o2)cc1C. The monoisotopic (exact) mass is 460 g/mol. The maximum absolute atomic E-state index is 12.1. The summed E-state index contributed by atoms with van der Waals surface area (Å²) < 4.78 is 5.71. The van der Waals surface area contributed by atoms with E-state index in [0.29, 0.717) is 27.3 Å². The molecule has 2 aromatic carbocycles. The second kappa shape index (κ2) is 9.34. The fourth-order valence-electron chi connectivity index (χ4n) is 2.66. The lowest BCUT2D eigenvalue weighted by Gasteiger charge is -2.12. The van der Waals surface area contributed by atoms with Gasteiger partial charge in [-0.1, -0.05) is 23.2 Å². The van der Waals surface area contributed by atoms with Crippen molar-refractivity contribution in [2.75, 3.05) is 5.32 Å². The summed E-state index contributed by atoms with van der Waals surface area (Å²) in [5.74, 6) is 0.651. The summed E-state index contributed by atoms with van der Waals surface area (Å²) in [7, 11) is 0. The van der Waals surface area contributed by atoms with Crippen molar-refractivity contribution in [1.29, 1.82) is 0 Å². The molecule has 3 rings (SSSR count). The molecule has 0 aliphatic rings. The molecule has 0 spiro atoms. The number of nitrogens with one attached hydrogen (secondary N) is 2. The number of rotatable bonds is 4. The van der Waals surface area contributed by atoms with Crippen LogP contribution in [0.25, 0.3) is 17.4 Å². The number of aryl methyl sites for hydroxylation is 2. The molecular formula is C22H18Cl2N2O3S. The van der Waals surface area contributed by atoms with Crippen molar-refractivity contribution in [2.24, 2.45) is 0 Å². The molecule has 0 atom stereocenters. The van der Waals surface area contributed by atoms with E-state index in [4.69, 9.17) is 39.8 Å². The summed E-state index contributed by atoms with van der Waals surface area (Å²) in [6.07, 6.45) is 2.81. The highest BCUT2D eigenvalue weighted by atomic mass is 35.5.